The number of para-hydroxylation sites is 2. The zero-order valence-electron chi connectivity index (χ0n) is 15.3. The molecule has 0 unspecified atom stereocenters. The maximum Gasteiger partial charge on any atom is 0.292 e. The molecule has 0 aliphatic heterocycles. The second-order valence-corrected chi connectivity index (χ2v) is 6.18. The molecular formula is C21H21N3O4. The van der Waals surface area contributed by atoms with E-state index in [0.717, 1.165) is 17.1 Å². The smallest absolute Gasteiger partial charge is 0.292 e. The van der Waals surface area contributed by atoms with Gasteiger partial charge in [-0.1, -0.05) is 42.5 Å². The number of aryl methyl sites for hydroxylation is 1. The van der Waals surface area contributed by atoms with Crippen LogP contribution in [0.1, 0.15) is 12.2 Å². The SMILES string of the molecule is O=C(CCc1ccc(-c2ccccc2)o1)NCCNc1ccccc1[N+](=O)[O-]. The second kappa shape index (κ2) is 9.36. The van der Waals surface area contributed by atoms with Crippen molar-refractivity contribution < 1.29 is 14.1 Å². The van der Waals surface area contributed by atoms with Crippen molar-refractivity contribution in [3.05, 3.63) is 82.6 Å². The molecule has 144 valence electrons. The molecule has 0 aliphatic carbocycles. The Bertz CT molecular complexity index is 938. The van der Waals surface area contributed by atoms with E-state index < -0.39 is 4.92 Å². The number of nitro benzene ring substituents is 1. The van der Waals surface area contributed by atoms with E-state index in [1.165, 1.54) is 6.07 Å². The predicted molar refractivity (Wildman–Crippen MR) is 107 cm³/mol. The molecule has 2 N–H and O–H groups in total. The molecule has 28 heavy (non-hydrogen) atoms. The summed E-state index contributed by atoms with van der Waals surface area (Å²) in [6.07, 6.45) is 0.823. The lowest BCUT2D eigenvalue weighted by Crippen LogP contribution is -2.29. The quantitative estimate of drug-likeness (QED) is 0.332. The number of rotatable bonds is 9. The fourth-order valence-electron chi connectivity index (χ4n) is 2.78. The molecule has 0 saturated heterocycles. The summed E-state index contributed by atoms with van der Waals surface area (Å²) in [5.41, 5.74) is 1.45. The molecule has 0 radical (unpaired) electrons. The van der Waals surface area contributed by atoms with Gasteiger partial charge >= 0.3 is 0 Å². The summed E-state index contributed by atoms with van der Waals surface area (Å²) in [4.78, 5) is 22.5. The van der Waals surface area contributed by atoms with Crippen LogP contribution in [-0.2, 0) is 11.2 Å². The molecule has 0 spiro atoms. The molecule has 1 amide bonds. The Kier molecular flexibility index (Phi) is 6.41. The molecule has 7 nitrogen and oxygen atoms in total. The van der Waals surface area contributed by atoms with E-state index in [2.05, 4.69) is 10.6 Å². The van der Waals surface area contributed by atoms with E-state index in [4.69, 9.17) is 4.42 Å². The van der Waals surface area contributed by atoms with Gasteiger partial charge in [0.25, 0.3) is 5.69 Å². The lowest BCUT2D eigenvalue weighted by molar-refractivity contribution is -0.384. The van der Waals surface area contributed by atoms with E-state index in [-0.39, 0.29) is 11.6 Å². The first-order chi connectivity index (χ1) is 13.6. The van der Waals surface area contributed by atoms with Crippen molar-refractivity contribution in [3.8, 4) is 11.3 Å². The summed E-state index contributed by atoms with van der Waals surface area (Å²) >= 11 is 0. The van der Waals surface area contributed by atoms with Crippen LogP contribution in [-0.4, -0.2) is 23.9 Å². The molecule has 1 aromatic heterocycles. The monoisotopic (exact) mass is 379 g/mol. The first-order valence-electron chi connectivity index (χ1n) is 9.01. The number of furan rings is 1. The van der Waals surface area contributed by atoms with Gasteiger partial charge < -0.3 is 15.1 Å². The molecule has 1 heterocycles. The van der Waals surface area contributed by atoms with Gasteiger partial charge in [0.15, 0.2) is 0 Å². The minimum absolute atomic E-state index is 0.0147. The number of nitrogens with zero attached hydrogens (tertiary/aromatic N) is 1. The van der Waals surface area contributed by atoms with Gasteiger partial charge in [-0.05, 0) is 18.2 Å². The maximum absolute atomic E-state index is 12.0. The summed E-state index contributed by atoms with van der Waals surface area (Å²) < 4.78 is 5.78. The van der Waals surface area contributed by atoms with Crippen molar-refractivity contribution >= 4 is 17.3 Å². The molecule has 3 aromatic rings. The molecular weight excluding hydrogens is 358 g/mol. The third-order valence-electron chi connectivity index (χ3n) is 4.18. The topological polar surface area (TPSA) is 97.4 Å². The molecule has 0 bridgehead atoms. The van der Waals surface area contributed by atoms with Gasteiger partial charge in [-0.25, -0.2) is 0 Å². The van der Waals surface area contributed by atoms with Crippen LogP contribution in [0.15, 0.2) is 71.1 Å². The number of amides is 1. The number of hydrogen-bond acceptors (Lipinski definition) is 5. The maximum atomic E-state index is 12.0. The van der Waals surface area contributed by atoms with Crippen molar-refractivity contribution in [1.82, 2.24) is 5.32 Å². The number of benzene rings is 2. The van der Waals surface area contributed by atoms with E-state index in [1.807, 2.05) is 42.5 Å². The van der Waals surface area contributed by atoms with Gasteiger partial charge in [-0.15, -0.1) is 0 Å². The van der Waals surface area contributed by atoms with Gasteiger partial charge in [0, 0.05) is 37.6 Å². The normalized spacial score (nSPS) is 10.4. The summed E-state index contributed by atoms with van der Waals surface area (Å²) in [6.45, 7) is 0.772. The summed E-state index contributed by atoms with van der Waals surface area (Å²) in [5.74, 6) is 1.44. The summed E-state index contributed by atoms with van der Waals surface area (Å²) in [5, 5.41) is 16.7. The third kappa shape index (κ3) is 5.20. The average Bonchev–Trinajstić information content (AvgIpc) is 3.20. The zero-order valence-corrected chi connectivity index (χ0v) is 15.3. The Morgan fingerprint density at radius 3 is 2.50 bits per heavy atom. The Balaban J connectivity index is 1.40. The first-order valence-corrected chi connectivity index (χ1v) is 9.01. The van der Waals surface area contributed by atoms with Crippen molar-refractivity contribution in [2.24, 2.45) is 0 Å². The van der Waals surface area contributed by atoms with Crippen molar-refractivity contribution in [2.75, 3.05) is 18.4 Å². The summed E-state index contributed by atoms with van der Waals surface area (Å²) in [6, 6.07) is 20.0. The molecule has 0 fully saturated rings. The van der Waals surface area contributed by atoms with E-state index in [1.54, 1.807) is 18.2 Å². The van der Waals surface area contributed by atoms with E-state index in [9.17, 15) is 14.9 Å². The van der Waals surface area contributed by atoms with Crippen LogP contribution in [0.5, 0.6) is 0 Å². The highest BCUT2D eigenvalue weighted by Gasteiger charge is 2.11. The fraction of sp³-hybridized carbons (Fsp3) is 0.190. The predicted octanol–water partition coefficient (Wildman–Crippen LogP) is 4.02. The van der Waals surface area contributed by atoms with Gasteiger partial charge in [0.05, 0.1) is 4.92 Å². The lowest BCUT2D eigenvalue weighted by Gasteiger charge is -2.08. The van der Waals surface area contributed by atoms with Crippen LogP contribution in [0.4, 0.5) is 11.4 Å². The highest BCUT2D eigenvalue weighted by atomic mass is 16.6. The van der Waals surface area contributed by atoms with Crippen molar-refractivity contribution in [1.29, 1.82) is 0 Å². The summed E-state index contributed by atoms with van der Waals surface area (Å²) in [7, 11) is 0. The standard InChI is InChI=1S/C21H21N3O4/c25-21(23-15-14-22-18-8-4-5-9-19(18)24(26)27)13-11-17-10-12-20(28-17)16-6-2-1-3-7-16/h1-10,12,22H,11,13-15H2,(H,23,25). The Hall–Kier alpha value is -3.61. The Morgan fingerprint density at radius 1 is 0.964 bits per heavy atom. The molecule has 2 aromatic carbocycles. The third-order valence-corrected chi connectivity index (χ3v) is 4.18. The highest BCUT2D eigenvalue weighted by molar-refractivity contribution is 5.76. The Labute approximate surface area is 162 Å². The largest absolute Gasteiger partial charge is 0.461 e. The van der Waals surface area contributed by atoms with Gasteiger partial charge in [-0.2, -0.15) is 0 Å². The van der Waals surface area contributed by atoms with E-state index >= 15 is 0 Å². The number of carbonyl (C=O) groups excluding carboxylic acids is 1. The van der Waals surface area contributed by atoms with Crippen molar-refractivity contribution in [2.45, 2.75) is 12.8 Å². The molecule has 7 heteroatoms. The van der Waals surface area contributed by atoms with E-state index in [0.29, 0.717) is 31.6 Å². The van der Waals surface area contributed by atoms with Crippen LogP contribution < -0.4 is 10.6 Å². The Morgan fingerprint density at radius 2 is 1.71 bits per heavy atom. The highest BCUT2D eigenvalue weighted by Crippen LogP contribution is 2.23. The number of nitrogens with one attached hydrogen (secondary N) is 2. The average molecular weight is 379 g/mol. The second-order valence-electron chi connectivity index (χ2n) is 6.18. The fourth-order valence-corrected chi connectivity index (χ4v) is 2.78. The molecule has 0 aliphatic rings. The molecule has 3 rings (SSSR count). The molecule has 0 atom stereocenters. The van der Waals surface area contributed by atoms with Gasteiger partial charge in [0.2, 0.25) is 5.91 Å². The van der Waals surface area contributed by atoms with Crippen molar-refractivity contribution in [3.63, 3.8) is 0 Å². The van der Waals surface area contributed by atoms with Crippen LogP contribution in [0, 0.1) is 10.1 Å². The lowest BCUT2D eigenvalue weighted by atomic mass is 10.2. The minimum Gasteiger partial charge on any atom is -0.461 e. The number of nitro groups is 1. The first kappa shape index (κ1) is 19.2. The number of hydrogen-bond donors (Lipinski definition) is 2. The number of anilines is 1. The van der Waals surface area contributed by atoms with Crippen LogP contribution in [0.3, 0.4) is 0 Å². The van der Waals surface area contributed by atoms with Crippen LogP contribution in [0.25, 0.3) is 11.3 Å². The van der Waals surface area contributed by atoms with Gasteiger partial charge in [0.1, 0.15) is 17.2 Å². The minimum atomic E-state index is -0.437. The molecule has 0 saturated carbocycles. The zero-order chi connectivity index (χ0) is 19.8. The van der Waals surface area contributed by atoms with Crippen LogP contribution in [0.2, 0.25) is 0 Å². The van der Waals surface area contributed by atoms with Crippen LogP contribution >= 0.6 is 0 Å². The number of carbonyl (C=O) groups is 1. The van der Waals surface area contributed by atoms with Gasteiger partial charge in [-0.3, -0.25) is 14.9 Å².